The highest BCUT2D eigenvalue weighted by Crippen LogP contribution is 2.32. The standard InChI is InChI=1S/C18H28N6O4/c1-18(2,3)13-8-11(6-7-24(13)17(27)28)20-15(25)14-12(9-19-23-14)22-16(26)21-10-4-5-10/h9-11,13H,4-8H2,1-3H3,(H,19,23)(H,20,25)(H,27,28)(H2,21,22,26). The van der Waals surface area contributed by atoms with E-state index in [1.54, 1.807) is 0 Å². The van der Waals surface area contributed by atoms with Gasteiger partial charge in [0, 0.05) is 24.7 Å². The van der Waals surface area contributed by atoms with Crippen LogP contribution in [0.4, 0.5) is 15.3 Å². The Bertz CT molecular complexity index is 752. The van der Waals surface area contributed by atoms with Crippen LogP contribution in [-0.4, -0.2) is 62.9 Å². The molecule has 10 nitrogen and oxygen atoms in total. The highest BCUT2D eigenvalue weighted by atomic mass is 16.4. The number of urea groups is 1. The minimum atomic E-state index is -0.938. The van der Waals surface area contributed by atoms with E-state index in [-0.39, 0.29) is 41.2 Å². The molecule has 2 heterocycles. The molecule has 1 aromatic rings. The van der Waals surface area contributed by atoms with Crippen LogP contribution in [-0.2, 0) is 0 Å². The van der Waals surface area contributed by atoms with Gasteiger partial charge in [-0.05, 0) is 31.1 Å². The predicted octanol–water partition coefficient (Wildman–Crippen LogP) is 1.98. The van der Waals surface area contributed by atoms with E-state index in [9.17, 15) is 19.5 Å². The molecule has 1 aliphatic heterocycles. The number of piperidine rings is 1. The number of carbonyl (C=O) groups excluding carboxylic acids is 2. The maximum Gasteiger partial charge on any atom is 0.407 e. The van der Waals surface area contributed by atoms with Crippen LogP contribution >= 0.6 is 0 Å². The topological polar surface area (TPSA) is 139 Å². The van der Waals surface area contributed by atoms with Crippen molar-refractivity contribution in [3.8, 4) is 0 Å². The molecule has 1 saturated heterocycles. The number of hydrogen-bond acceptors (Lipinski definition) is 4. The van der Waals surface area contributed by atoms with Crippen molar-refractivity contribution in [1.29, 1.82) is 0 Å². The number of amides is 4. The lowest BCUT2D eigenvalue weighted by Crippen LogP contribution is -2.56. The van der Waals surface area contributed by atoms with Crippen molar-refractivity contribution in [3.05, 3.63) is 11.9 Å². The fourth-order valence-corrected chi connectivity index (χ4v) is 3.53. The van der Waals surface area contributed by atoms with Crippen LogP contribution in [0.15, 0.2) is 6.20 Å². The molecular formula is C18H28N6O4. The van der Waals surface area contributed by atoms with Crippen LogP contribution in [0.2, 0.25) is 0 Å². The number of anilines is 1. The molecule has 2 atom stereocenters. The Hall–Kier alpha value is -2.78. The Balaban J connectivity index is 1.62. The van der Waals surface area contributed by atoms with E-state index in [1.807, 2.05) is 20.8 Å². The van der Waals surface area contributed by atoms with E-state index in [4.69, 9.17) is 0 Å². The van der Waals surface area contributed by atoms with Crippen LogP contribution in [0.3, 0.4) is 0 Å². The zero-order valence-corrected chi connectivity index (χ0v) is 16.4. The van der Waals surface area contributed by atoms with Gasteiger partial charge < -0.3 is 26.0 Å². The predicted molar refractivity (Wildman–Crippen MR) is 102 cm³/mol. The van der Waals surface area contributed by atoms with Crippen molar-refractivity contribution >= 4 is 23.7 Å². The average Bonchev–Trinajstić information content (AvgIpc) is 3.28. The molecule has 2 fully saturated rings. The zero-order valence-electron chi connectivity index (χ0n) is 16.4. The third-order valence-electron chi connectivity index (χ3n) is 5.21. The first-order valence-electron chi connectivity index (χ1n) is 9.56. The second-order valence-corrected chi connectivity index (χ2v) is 8.58. The maximum absolute atomic E-state index is 12.7. The van der Waals surface area contributed by atoms with Crippen molar-refractivity contribution in [3.63, 3.8) is 0 Å². The lowest BCUT2D eigenvalue weighted by Gasteiger charge is -2.44. The number of aromatic amines is 1. The maximum atomic E-state index is 12.7. The second-order valence-electron chi connectivity index (χ2n) is 8.58. The van der Waals surface area contributed by atoms with Crippen molar-refractivity contribution in [2.75, 3.05) is 11.9 Å². The van der Waals surface area contributed by atoms with Gasteiger partial charge in [0.25, 0.3) is 5.91 Å². The minimum Gasteiger partial charge on any atom is -0.465 e. The van der Waals surface area contributed by atoms with Crippen LogP contribution in [0.1, 0.15) is 56.9 Å². The molecule has 10 heteroatoms. The van der Waals surface area contributed by atoms with Crippen molar-refractivity contribution in [2.24, 2.45) is 5.41 Å². The number of rotatable bonds is 4. The monoisotopic (exact) mass is 392 g/mol. The Morgan fingerprint density at radius 1 is 1.18 bits per heavy atom. The molecule has 4 amide bonds. The fraction of sp³-hybridized carbons (Fsp3) is 0.667. The van der Waals surface area contributed by atoms with Gasteiger partial charge in [0.2, 0.25) is 0 Å². The van der Waals surface area contributed by atoms with Gasteiger partial charge in [0.1, 0.15) is 5.69 Å². The zero-order chi connectivity index (χ0) is 20.5. The SMILES string of the molecule is CC(C)(C)C1CC(NC(=O)c2[nH]ncc2NC(=O)NC2CC2)CCN1C(=O)O. The smallest absolute Gasteiger partial charge is 0.407 e. The molecule has 1 aliphatic carbocycles. The van der Waals surface area contributed by atoms with Gasteiger partial charge in [-0.2, -0.15) is 5.10 Å². The summed E-state index contributed by atoms with van der Waals surface area (Å²) >= 11 is 0. The van der Waals surface area contributed by atoms with E-state index in [2.05, 4.69) is 26.1 Å². The minimum absolute atomic E-state index is 0.163. The lowest BCUT2D eigenvalue weighted by atomic mass is 9.79. The van der Waals surface area contributed by atoms with Crippen molar-refractivity contribution in [1.82, 2.24) is 25.7 Å². The molecule has 2 aliphatic rings. The number of carboxylic acid groups (broad SMARTS) is 1. The molecule has 154 valence electrons. The number of aromatic nitrogens is 2. The number of nitrogens with one attached hydrogen (secondary N) is 4. The first kappa shape index (κ1) is 20.0. The summed E-state index contributed by atoms with van der Waals surface area (Å²) in [6, 6.07) is -0.519. The third kappa shape index (κ3) is 4.73. The highest BCUT2D eigenvalue weighted by Gasteiger charge is 2.39. The fourth-order valence-electron chi connectivity index (χ4n) is 3.53. The van der Waals surface area contributed by atoms with Crippen LogP contribution in [0, 0.1) is 5.41 Å². The summed E-state index contributed by atoms with van der Waals surface area (Å²) in [5, 5.41) is 24.3. The van der Waals surface area contributed by atoms with Gasteiger partial charge in [-0.3, -0.25) is 9.89 Å². The summed E-state index contributed by atoms with van der Waals surface area (Å²) in [6.45, 7) is 6.34. The molecule has 0 radical (unpaired) electrons. The van der Waals surface area contributed by atoms with Gasteiger partial charge in [-0.15, -0.1) is 0 Å². The van der Waals surface area contributed by atoms with Crippen LogP contribution in [0.5, 0.6) is 0 Å². The summed E-state index contributed by atoms with van der Waals surface area (Å²) in [7, 11) is 0. The van der Waals surface area contributed by atoms with Gasteiger partial charge >= 0.3 is 12.1 Å². The Morgan fingerprint density at radius 2 is 1.89 bits per heavy atom. The number of carbonyl (C=O) groups is 3. The van der Waals surface area contributed by atoms with Crippen molar-refractivity contribution in [2.45, 2.75) is 64.6 Å². The summed E-state index contributed by atoms with van der Waals surface area (Å²) in [5.74, 6) is -0.374. The summed E-state index contributed by atoms with van der Waals surface area (Å²) in [4.78, 5) is 37.6. The molecule has 3 rings (SSSR count). The first-order chi connectivity index (χ1) is 13.1. The summed E-state index contributed by atoms with van der Waals surface area (Å²) in [5.41, 5.74) is 0.244. The first-order valence-corrected chi connectivity index (χ1v) is 9.56. The van der Waals surface area contributed by atoms with Gasteiger partial charge in [0.05, 0.1) is 11.9 Å². The van der Waals surface area contributed by atoms with Crippen LogP contribution in [0.25, 0.3) is 0 Å². The van der Waals surface area contributed by atoms with Gasteiger partial charge in [0.15, 0.2) is 0 Å². The molecule has 0 aromatic carbocycles. The molecule has 1 saturated carbocycles. The Kier molecular flexibility index (Phi) is 5.48. The summed E-state index contributed by atoms with van der Waals surface area (Å²) in [6.07, 6.45) is 3.45. The number of hydrogen-bond donors (Lipinski definition) is 5. The van der Waals surface area contributed by atoms with Crippen molar-refractivity contribution < 1.29 is 19.5 Å². The van der Waals surface area contributed by atoms with Crippen LogP contribution < -0.4 is 16.0 Å². The van der Waals surface area contributed by atoms with E-state index in [1.165, 1.54) is 11.1 Å². The van der Waals surface area contributed by atoms with E-state index < -0.39 is 6.09 Å². The number of H-pyrrole nitrogens is 1. The summed E-state index contributed by atoms with van der Waals surface area (Å²) < 4.78 is 0. The van der Waals surface area contributed by atoms with Gasteiger partial charge in [-0.1, -0.05) is 20.8 Å². The average molecular weight is 392 g/mol. The molecule has 0 spiro atoms. The third-order valence-corrected chi connectivity index (χ3v) is 5.21. The lowest BCUT2D eigenvalue weighted by molar-refractivity contribution is 0.0470. The highest BCUT2D eigenvalue weighted by molar-refractivity contribution is 6.01. The largest absolute Gasteiger partial charge is 0.465 e. The molecule has 5 N–H and O–H groups in total. The molecule has 0 bridgehead atoms. The Morgan fingerprint density at radius 3 is 2.50 bits per heavy atom. The normalized spacial score (nSPS) is 22.5. The van der Waals surface area contributed by atoms with Gasteiger partial charge in [-0.25, -0.2) is 9.59 Å². The Labute approximate surface area is 163 Å². The number of likely N-dealkylation sites (tertiary alicyclic amines) is 1. The molecule has 1 aromatic heterocycles. The van der Waals surface area contributed by atoms with E-state index in [0.717, 1.165) is 12.8 Å². The quantitative estimate of drug-likeness (QED) is 0.533. The molecule has 28 heavy (non-hydrogen) atoms. The van der Waals surface area contributed by atoms with E-state index >= 15 is 0 Å². The molecular weight excluding hydrogens is 364 g/mol. The second kappa shape index (κ2) is 7.69. The molecule has 2 unspecified atom stereocenters. The van der Waals surface area contributed by atoms with E-state index in [0.29, 0.717) is 25.1 Å². The number of nitrogens with zero attached hydrogens (tertiary/aromatic N) is 2.